The van der Waals surface area contributed by atoms with Gasteiger partial charge in [0.2, 0.25) is 0 Å². The molecular formula is C18H22FN5O. The summed E-state index contributed by atoms with van der Waals surface area (Å²) in [5.74, 6) is 1.84. The average Bonchev–Trinajstić information content (AvgIpc) is 3.22. The molecule has 1 aromatic carbocycles. The molecule has 2 amide bonds. The molecule has 1 aliphatic carbocycles. The number of aromatic nitrogens is 3. The highest BCUT2D eigenvalue weighted by molar-refractivity contribution is 5.75. The topological polar surface area (TPSA) is 71.8 Å². The van der Waals surface area contributed by atoms with Crippen LogP contribution in [0.2, 0.25) is 0 Å². The van der Waals surface area contributed by atoms with Crippen molar-refractivity contribution in [2.75, 3.05) is 0 Å². The quantitative estimate of drug-likeness (QED) is 0.893. The number of aryl methyl sites for hydroxylation is 2. The molecule has 0 radical (unpaired) electrons. The summed E-state index contributed by atoms with van der Waals surface area (Å²) in [4.78, 5) is 16.7. The fourth-order valence-electron chi connectivity index (χ4n) is 3.48. The number of carbonyl (C=O) groups is 1. The van der Waals surface area contributed by atoms with E-state index in [1.807, 2.05) is 17.7 Å². The van der Waals surface area contributed by atoms with Crippen molar-refractivity contribution in [3.05, 3.63) is 47.3 Å². The first-order valence-corrected chi connectivity index (χ1v) is 8.87. The molecule has 2 aromatic rings. The standard InChI is InChI=1S/C18H22FN5O/c1-2-16-22-17-7-6-13(10-24(17)23-16)20-18(25)21-15-9-14(15)11-4-3-5-12(19)8-11/h3-5,8,13-15H,2,6-7,9-10H2,1H3,(H2,20,21,25)/t13-,14-,15+/m0/s1. The van der Waals surface area contributed by atoms with Crippen LogP contribution in [-0.4, -0.2) is 32.9 Å². The molecule has 1 fully saturated rings. The first kappa shape index (κ1) is 16.1. The Labute approximate surface area is 145 Å². The zero-order chi connectivity index (χ0) is 17.4. The number of nitrogens with one attached hydrogen (secondary N) is 2. The van der Waals surface area contributed by atoms with E-state index in [2.05, 4.69) is 20.7 Å². The van der Waals surface area contributed by atoms with Gasteiger partial charge in [0, 0.05) is 24.8 Å². The van der Waals surface area contributed by atoms with Crippen LogP contribution in [-0.2, 0) is 19.4 Å². The molecule has 0 bridgehead atoms. The molecule has 4 rings (SSSR count). The molecule has 132 valence electrons. The molecule has 2 aliphatic rings. The van der Waals surface area contributed by atoms with Gasteiger partial charge >= 0.3 is 6.03 Å². The van der Waals surface area contributed by atoms with Gasteiger partial charge in [-0.25, -0.2) is 18.9 Å². The third-order valence-corrected chi connectivity index (χ3v) is 4.94. The SMILES string of the molecule is CCc1nc2n(n1)C[C@@H](NC(=O)N[C@@H]1C[C@H]1c1cccc(F)c1)CC2. The average molecular weight is 343 g/mol. The summed E-state index contributed by atoms with van der Waals surface area (Å²) >= 11 is 0. The van der Waals surface area contributed by atoms with Crippen LogP contribution in [0, 0.1) is 5.82 Å². The Hall–Kier alpha value is -2.44. The van der Waals surface area contributed by atoms with E-state index in [1.54, 1.807) is 12.1 Å². The molecule has 1 aliphatic heterocycles. The highest BCUT2D eigenvalue weighted by atomic mass is 19.1. The second-order valence-electron chi connectivity index (χ2n) is 6.84. The lowest BCUT2D eigenvalue weighted by Gasteiger charge is -2.23. The van der Waals surface area contributed by atoms with Crippen molar-refractivity contribution < 1.29 is 9.18 Å². The third kappa shape index (κ3) is 3.50. The summed E-state index contributed by atoms with van der Waals surface area (Å²) < 4.78 is 15.2. The molecular weight excluding hydrogens is 321 g/mol. The number of halogens is 1. The lowest BCUT2D eigenvalue weighted by atomic mass is 10.1. The van der Waals surface area contributed by atoms with Crippen LogP contribution in [0.4, 0.5) is 9.18 Å². The predicted octanol–water partition coefficient (Wildman–Crippen LogP) is 2.15. The zero-order valence-electron chi connectivity index (χ0n) is 14.2. The highest BCUT2D eigenvalue weighted by Gasteiger charge is 2.40. The number of fused-ring (bicyclic) bond motifs is 1. The summed E-state index contributed by atoms with van der Waals surface area (Å²) in [6, 6.07) is 6.58. The van der Waals surface area contributed by atoms with Gasteiger partial charge in [-0.2, -0.15) is 5.10 Å². The minimum atomic E-state index is -0.232. The Bertz CT molecular complexity index is 790. The van der Waals surface area contributed by atoms with E-state index in [-0.39, 0.29) is 29.8 Å². The Balaban J connectivity index is 1.29. The van der Waals surface area contributed by atoms with E-state index in [0.717, 1.165) is 42.9 Å². The molecule has 0 saturated heterocycles. The van der Waals surface area contributed by atoms with Crippen molar-refractivity contribution in [2.24, 2.45) is 0 Å². The van der Waals surface area contributed by atoms with Crippen LogP contribution < -0.4 is 10.6 Å². The molecule has 3 atom stereocenters. The van der Waals surface area contributed by atoms with Gasteiger partial charge in [0.25, 0.3) is 0 Å². The van der Waals surface area contributed by atoms with Gasteiger partial charge in [0.15, 0.2) is 5.82 Å². The molecule has 0 spiro atoms. The second kappa shape index (κ2) is 6.46. The van der Waals surface area contributed by atoms with Gasteiger partial charge in [0.05, 0.1) is 12.6 Å². The molecule has 6 nitrogen and oxygen atoms in total. The summed E-state index contributed by atoms with van der Waals surface area (Å²) in [6.45, 7) is 2.70. The van der Waals surface area contributed by atoms with Crippen LogP contribution in [0.25, 0.3) is 0 Å². The molecule has 25 heavy (non-hydrogen) atoms. The first-order valence-electron chi connectivity index (χ1n) is 8.87. The summed E-state index contributed by atoms with van der Waals surface area (Å²) in [7, 11) is 0. The summed E-state index contributed by atoms with van der Waals surface area (Å²) in [5.41, 5.74) is 0.947. The zero-order valence-corrected chi connectivity index (χ0v) is 14.2. The fourth-order valence-corrected chi connectivity index (χ4v) is 3.48. The normalized spacial score (nSPS) is 24.5. The Morgan fingerprint density at radius 2 is 2.28 bits per heavy atom. The molecule has 1 saturated carbocycles. The van der Waals surface area contributed by atoms with Gasteiger partial charge in [-0.1, -0.05) is 19.1 Å². The number of amides is 2. The van der Waals surface area contributed by atoms with Crippen molar-refractivity contribution >= 4 is 6.03 Å². The Morgan fingerprint density at radius 1 is 1.40 bits per heavy atom. The van der Waals surface area contributed by atoms with Crippen molar-refractivity contribution in [2.45, 2.75) is 57.2 Å². The number of carbonyl (C=O) groups excluding carboxylic acids is 1. The van der Waals surface area contributed by atoms with Crippen molar-refractivity contribution in [3.8, 4) is 0 Å². The van der Waals surface area contributed by atoms with Crippen molar-refractivity contribution in [3.63, 3.8) is 0 Å². The Morgan fingerprint density at radius 3 is 3.08 bits per heavy atom. The van der Waals surface area contributed by atoms with Crippen LogP contribution >= 0.6 is 0 Å². The van der Waals surface area contributed by atoms with E-state index in [9.17, 15) is 9.18 Å². The number of benzene rings is 1. The lowest BCUT2D eigenvalue weighted by Crippen LogP contribution is -2.46. The van der Waals surface area contributed by atoms with Crippen LogP contribution in [0.3, 0.4) is 0 Å². The van der Waals surface area contributed by atoms with Gasteiger partial charge in [0.1, 0.15) is 11.6 Å². The smallest absolute Gasteiger partial charge is 0.315 e. The van der Waals surface area contributed by atoms with Crippen LogP contribution in [0.1, 0.15) is 42.9 Å². The van der Waals surface area contributed by atoms with Crippen molar-refractivity contribution in [1.29, 1.82) is 0 Å². The number of rotatable bonds is 4. The van der Waals surface area contributed by atoms with Crippen molar-refractivity contribution in [1.82, 2.24) is 25.4 Å². The van der Waals surface area contributed by atoms with Crippen LogP contribution in [0.15, 0.2) is 24.3 Å². The maximum Gasteiger partial charge on any atom is 0.315 e. The minimum absolute atomic E-state index is 0.0604. The number of hydrogen-bond donors (Lipinski definition) is 2. The largest absolute Gasteiger partial charge is 0.335 e. The monoisotopic (exact) mass is 343 g/mol. The number of urea groups is 1. The van der Waals surface area contributed by atoms with Crippen LogP contribution in [0.5, 0.6) is 0 Å². The molecule has 0 unspecified atom stereocenters. The molecule has 7 heteroatoms. The van der Waals surface area contributed by atoms with Gasteiger partial charge in [-0.3, -0.25) is 0 Å². The Kier molecular flexibility index (Phi) is 4.15. The van der Waals surface area contributed by atoms with E-state index in [4.69, 9.17) is 0 Å². The van der Waals surface area contributed by atoms with Gasteiger partial charge in [-0.15, -0.1) is 0 Å². The van der Waals surface area contributed by atoms with E-state index in [0.29, 0.717) is 6.54 Å². The van der Waals surface area contributed by atoms with E-state index < -0.39 is 0 Å². The van der Waals surface area contributed by atoms with E-state index in [1.165, 1.54) is 6.07 Å². The molecule has 2 N–H and O–H groups in total. The minimum Gasteiger partial charge on any atom is -0.335 e. The predicted molar refractivity (Wildman–Crippen MR) is 90.7 cm³/mol. The number of nitrogens with zero attached hydrogens (tertiary/aromatic N) is 3. The highest BCUT2D eigenvalue weighted by Crippen LogP contribution is 2.40. The molecule has 1 aromatic heterocycles. The lowest BCUT2D eigenvalue weighted by molar-refractivity contribution is 0.231. The maximum absolute atomic E-state index is 13.3. The molecule has 2 heterocycles. The van der Waals surface area contributed by atoms with Gasteiger partial charge < -0.3 is 10.6 Å². The first-order chi connectivity index (χ1) is 12.1. The summed E-state index contributed by atoms with van der Waals surface area (Å²) in [6.07, 6.45) is 3.37. The maximum atomic E-state index is 13.3. The summed E-state index contributed by atoms with van der Waals surface area (Å²) in [5, 5.41) is 10.5. The number of hydrogen-bond acceptors (Lipinski definition) is 3. The van der Waals surface area contributed by atoms with E-state index >= 15 is 0 Å². The second-order valence-corrected chi connectivity index (χ2v) is 6.84. The fraction of sp³-hybridized carbons (Fsp3) is 0.500. The van der Waals surface area contributed by atoms with Gasteiger partial charge in [-0.05, 0) is 30.5 Å². The third-order valence-electron chi connectivity index (χ3n) is 4.94.